The molecule has 1 heterocycles. The molecule has 1 N–H and O–H groups in total. The third-order valence-corrected chi connectivity index (χ3v) is 4.00. The molecule has 0 fully saturated rings. The molecule has 0 amide bonds. The van der Waals surface area contributed by atoms with Gasteiger partial charge in [-0.1, -0.05) is 32.0 Å². The number of aliphatic hydroxyl groups excluding tert-OH is 1. The fraction of sp³-hybridized carbons (Fsp3) is 0.444. The van der Waals surface area contributed by atoms with E-state index in [1.54, 1.807) is 11.3 Å². The van der Waals surface area contributed by atoms with Crippen molar-refractivity contribution in [3.63, 3.8) is 0 Å². The first-order chi connectivity index (χ1) is 10.6. The molecular formula is C18H25NO2S. The van der Waals surface area contributed by atoms with Crippen molar-refractivity contribution < 1.29 is 9.84 Å². The van der Waals surface area contributed by atoms with Gasteiger partial charge in [0.05, 0.1) is 0 Å². The van der Waals surface area contributed by atoms with Crippen LogP contribution in [0.1, 0.15) is 19.4 Å². The average molecular weight is 319 g/mol. The highest BCUT2D eigenvalue weighted by atomic mass is 32.1. The van der Waals surface area contributed by atoms with Crippen molar-refractivity contribution in [2.24, 2.45) is 5.92 Å². The van der Waals surface area contributed by atoms with E-state index in [1.807, 2.05) is 30.3 Å². The molecule has 0 saturated carbocycles. The summed E-state index contributed by atoms with van der Waals surface area (Å²) in [7, 11) is 0. The van der Waals surface area contributed by atoms with Gasteiger partial charge < -0.3 is 9.84 Å². The molecule has 0 bridgehead atoms. The van der Waals surface area contributed by atoms with Gasteiger partial charge in [0.1, 0.15) is 18.5 Å². The molecule has 1 aromatic heterocycles. The summed E-state index contributed by atoms with van der Waals surface area (Å²) in [5, 5.41) is 14.5. The van der Waals surface area contributed by atoms with Gasteiger partial charge in [-0.3, -0.25) is 4.90 Å². The van der Waals surface area contributed by atoms with Gasteiger partial charge in [0.2, 0.25) is 0 Å². The summed E-state index contributed by atoms with van der Waals surface area (Å²) in [5.74, 6) is 1.37. The van der Waals surface area contributed by atoms with Crippen molar-refractivity contribution >= 4 is 11.3 Å². The summed E-state index contributed by atoms with van der Waals surface area (Å²) in [6.45, 7) is 7.20. The third-order valence-electron chi connectivity index (χ3n) is 3.26. The Morgan fingerprint density at radius 1 is 1.14 bits per heavy atom. The Balaban J connectivity index is 1.83. The monoisotopic (exact) mass is 319 g/mol. The molecule has 1 aromatic carbocycles. The van der Waals surface area contributed by atoms with E-state index in [0.29, 0.717) is 19.1 Å². The number of ether oxygens (including phenoxy) is 1. The lowest BCUT2D eigenvalue weighted by atomic mass is 10.2. The van der Waals surface area contributed by atoms with Gasteiger partial charge in [0.15, 0.2) is 0 Å². The quantitative estimate of drug-likeness (QED) is 0.766. The van der Waals surface area contributed by atoms with Gasteiger partial charge in [-0.05, 0) is 40.4 Å². The van der Waals surface area contributed by atoms with E-state index in [4.69, 9.17) is 4.74 Å². The largest absolute Gasteiger partial charge is 0.491 e. The molecule has 2 aromatic rings. The number of hydrogen-bond acceptors (Lipinski definition) is 4. The molecule has 0 radical (unpaired) electrons. The third kappa shape index (κ3) is 6.18. The topological polar surface area (TPSA) is 32.7 Å². The standard InChI is InChI=1S/C18H25NO2S/c1-15(2)10-19(11-16-8-9-22-14-16)12-17(20)13-21-18-6-4-3-5-7-18/h3-9,14-15,17,20H,10-13H2,1-2H3/t17-/m0/s1. The lowest BCUT2D eigenvalue weighted by molar-refractivity contribution is 0.0615. The number of hydrogen-bond donors (Lipinski definition) is 1. The Hall–Kier alpha value is -1.36. The Morgan fingerprint density at radius 3 is 2.55 bits per heavy atom. The molecule has 4 heteroatoms. The van der Waals surface area contributed by atoms with Crippen molar-refractivity contribution in [3.05, 3.63) is 52.7 Å². The maximum Gasteiger partial charge on any atom is 0.119 e. The van der Waals surface area contributed by atoms with Crippen LogP contribution in [0.15, 0.2) is 47.2 Å². The first kappa shape index (κ1) is 17.0. The molecule has 0 aliphatic rings. The van der Waals surface area contributed by atoms with Crippen LogP contribution < -0.4 is 4.74 Å². The SMILES string of the molecule is CC(C)CN(Cc1ccsc1)C[C@H](O)COc1ccccc1. The van der Waals surface area contributed by atoms with Crippen molar-refractivity contribution in [1.29, 1.82) is 0 Å². The second-order valence-electron chi connectivity index (χ2n) is 6.00. The lowest BCUT2D eigenvalue weighted by Gasteiger charge is -2.26. The number of benzene rings is 1. The molecule has 0 spiro atoms. The van der Waals surface area contributed by atoms with Gasteiger partial charge in [0, 0.05) is 19.6 Å². The summed E-state index contributed by atoms with van der Waals surface area (Å²) in [6.07, 6.45) is -0.488. The number of aliphatic hydroxyl groups is 1. The highest BCUT2D eigenvalue weighted by molar-refractivity contribution is 7.07. The maximum atomic E-state index is 10.3. The summed E-state index contributed by atoms with van der Waals surface area (Å²) in [6, 6.07) is 11.8. The highest BCUT2D eigenvalue weighted by Gasteiger charge is 2.14. The van der Waals surface area contributed by atoms with Crippen LogP contribution in [0.4, 0.5) is 0 Å². The smallest absolute Gasteiger partial charge is 0.119 e. The summed E-state index contributed by atoms with van der Waals surface area (Å²) >= 11 is 1.71. The van der Waals surface area contributed by atoms with E-state index >= 15 is 0 Å². The molecule has 0 unspecified atom stereocenters. The van der Waals surface area contributed by atoms with E-state index in [2.05, 4.69) is 35.6 Å². The second kappa shape index (κ2) is 8.93. The van der Waals surface area contributed by atoms with E-state index < -0.39 is 6.10 Å². The van der Waals surface area contributed by atoms with Crippen molar-refractivity contribution in [3.8, 4) is 5.75 Å². The molecule has 22 heavy (non-hydrogen) atoms. The van der Waals surface area contributed by atoms with E-state index in [9.17, 15) is 5.11 Å². The normalized spacial score (nSPS) is 12.8. The van der Waals surface area contributed by atoms with Crippen molar-refractivity contribution in [2.45, 2.75) is 26.5 Å². The summed E-state index contributed by atoms with van der Waals surface area (Å²) < 4.78 is 5.63. The minimum Gasteiger partial charge on any atom is -0.491 e. The van der Waals surface area contributed by atoms with Gasteiger partial charge in [-0.15, -0.1) is 0 Å². The zero-order chi connectivity index (χ0) is 15.8. The van der Waals surface area contributed by atoms with Gasteiger partial charge in [0.25, 0.3) is 0 Å². The Labute approximate surface area is 137 Å². The van der Waals surface area contributed by atoms with Crippen LogP contribution in [0.3, 0.4) is 0 Å². The van der Waals surface area contributed by atoms with E-state index in [1.165, 1.54) is 5.56 Å². The van der Waals surface area contributed by atoms with Gasteiger partial charge >= 0.3 is 0 Å². The number of thiophene rings is 1. The minimum absolute atomic E-state index is 0.322. The van der Waals surface area contributed by atoms with Crippen LogP contribution in [0.25, 0.3) is 0 Å². The first-order valence-corrected chi connectivity index (χ1v) is 8.67. The molecule has 120 valence electrons. The van der Waals surface area contributed by atoms with Gasteiger partial charge in [-0.2, -0.15) is 11.3 Å². The average Bonchev–Trinajstić information content (AvgIpc) is 2.98. The Kier molecular flexibility index (Phi) is 6.90. The van der Waals surface area contributed by atoms with Crippen LogP contribution in [-0.2, 0) is 6.54 Å². The van der Waals surface area contributed by atoms with Crippen molar-refractivity contribution in [1.82, 2.24) is 4.90 Å². The van der Waals surface area contributed by atoms with Crippen LogP contribution >= 0.6 is 11.3 Å². The fourth-order valence-electron chi connectivity index (χ4n) is 2.42. The Bertz CT molecular complexity index is 513. The lowest BCUT2D eigenvalue weighted by Crippen LogP contribution is -2.37. The summed E-state index contributed by atoms with van der Waals surface area (Å²) in [4.78, 5) is 2.30. The number of para-hydroxylation sites is 1. The molecule has 0 aliphatic carbocycles. The zero-order valence-corrected chi connectivity index (χ0v) is 14.1. The first-order valence-electron chi connectivity index (χ1n) is 7.73. The predicted molar refractivity (Wildman–Crippen MR) is 92.4 cm³/mol. The molecule has 2 rings (SSSR count). The molecule has 0 saturated heterocycles. The predicted octanol–water partition coefficient (Wildman–Crippen LogP) is 3.65. The van der Waals surface area contributed by atoms with E-state index in [-0.39, 0.29) is 0 Å². The van der Waals surface area contributed by atoms with E-state index in [0.717, 1.165) is 18.8 Å². The maximum absolute atomic E-state index is 10.3. The molecule has 1 atom stereocenters. The molecule has 3 nitrogen and oxygen atoms in total. The van der Waals surface area contributed by atoms with Gasteiger partial charge in [-0.25, -0.2) is 0 Å². The zero-order valence-electron chi connectivity index (χ0n) is 13.3. The van der Waals surface area contributed by atoms with Crippen LogP contribution in [0, 0.1) is 5.92 Å². The summed E-state index contributed by atoms with van der Waals surface area (Å²) in [5.41, 5.74) is 1.31. The van der Waals surface area contributed by atoms with Crippen LogP contribution in [0.2, 0.25) is 0 Å². The fourth-order valence-corrected chi connectivity index (χ4v) is 3.08. The van der Waals surface area contributed by atoms with Crippen molar-refractivity contribution in [2.75, 3.05) is 19.7 Å². The molecular weight excluding hydrogens is 294 g/mol. The highest BCUT2D eigenvalue weighted by Crippen LogP contribution is 2.13. The van der Waals surface area contributed by atoms with Crippen LogP contribution in [-0.4, -0.2) is 35.8 Å². The molecule has 0 aliphatic heterocycles. The second-order valence-corrected chi connectivity index (χ2v) is 6.78. The van der Waals surface area contributed by atoms with Crippen LogP contribution in [0.5, 0.6) is 5.75 Å². The number of rotatable bonds is 9. The Morgan fingerprint density at radius 2 is 1.91 bits per heavy atom. The number of nitrogens with zero attached hydrogens (tertiary/aromatic N) is 1. The minimum atomic E-state index is -0.488.